The average molecular weight is 293 g/mol. The summed E-state index contributed by atoms with van der Waals surface area (Å²) in [7, 11) is 1.68. The third-order valence-corrected chi connectivity index (χ3v) is 4.08. The van der Waals surface area contributed by atoms with Gasteiger partial charge in [-0.3, -0.25) is 0 Å². The van der Waals surface area contributed by atoms with Gasteiger partial charge in [-0.15, -0.1) is 11.6 Å². The zero-order valence-corrected chi connectivity index (χ0v) is 13.3. The van der Waals surface area contributed by atoms with Crippen molar-refractivity contribution in [3.05, 3.63) is 0 Å². The lowest BCUT2D eigenvalue weighted by molar-refractivity contribution is -0.150. The molecule has 114 valence electrons. The first-order chi connectivity index (χ1) is 9.19. The van der Waals surface area contributed by atoms with Crippen molar-refractivity contribution in [1.82, 2.24) is 0 Å². The minimum Gasteiger partial charge on any atom is -0.382 e. The summed E-state index contributed by atoms with van der Waals surface area (Å²) >= 11 is 6.17. The monoisotopic (exact) mass is 292 g/mol. The lowest BCUT2D eigenvalue weighted by Crippen LogP contribution is -2.52. The molecule has 0 saturated heterocycles. The highest BCUT2D eigenvalue weighted by atomic mass is 35.5. The fourth-order valence-corrected chi connectivity index (χ4v) is 2.78. The predicted octanol–water partition coefficient (Wildman–Crippen LogP) is 3.77. The summed E-state index contributed by atoms with van der Waals surface area (Å²) in [5.41, 5.74) is 0. The summed E-state index contributed by atoms with van der Waals surface area (Å²) in [4.78, 5) is 0. The third-order valence-electron chi connectivity index (χ3n) is 3.65. The number of halogens is 1. The van der Waals surface area contributed by atoms with Crippen LogP contribution in [-0.4, -0.2) is 44.0 Å². The Balaban J connectivity index is 2.13. The van der Waals surface area contributed by atoms with Gasteiger partial charge in [-0.05, 0) is 19.8 Å². The lowest BCUT2D eigenvalue weighted by Gasteiger charge is -2.41. The van der Waals surface area contributed by atoms with Crippen molar-refractivity contribution >= 4 is 11.6 Å². The predicted molar refractivity (Wildman–Crippen MR) is 79.0 cm³/mol. The quantitative estimate of drug-likeness (QED) is 0.428. The second-order valence-corrected chi connectivity index (χ2v) is 5.97. The van der Waals surface area contributed by atoms with Gasteiger partial charge in [-0.2, -0.15) is 0 Å². The molecule has 4 atom stereocenters. The van der Waals surface area contributed by atoms with Crippen molar-refractivity contribution in [2.75, 3.05) is 20.3 Å². The van der Waals surface area contributed by atoms with Gasteiger partial charge >= 0.3 is 0 Å². The molecule has 0 aromatic heterocycles. The Morgan fingerprint density at radius 3 is 2.63 bits per heavy atom. The molecule has 19 heavy (non-hydrogen) atoms. The van der Waals surface area contributed by atoms with Crippen LogP contribution in [0.1, 0.15) is 52.4 Å². The van der Waals surface area contributed by atoms with Crippen LogP contribution < -0.4 is 0 Å². The molecule has 0 amide bonds. The van der Waals surface area contributed by atoms with Crippen LogP contribution in [0.3, 0.4) is 0 Å². The van der Waals surface area contributed by atoms with Crippen LogP contribution in [0.25, 0.3) is 0 Å². The minimum atomic E-state index is 0.0370. The van der Waals surface area contributed by atoms with E-state index in [1.54, 1.807) is 7.11 Å². The third kappa shape index (κ3) is 6.44. The standard InChI is InChI=1S/C15H29ClO3/c1-4-5-6-7-8-12(2)19-14-11-13(16)15(14)18-10-9-17-3/h12-15H,4-11H2,1-3H3. The molecule has 4 unspecified atom stereocenters. The Labute approximate surface area is 122 Å². The van der Waals surface area contributed by atoms with Crippen molar-refractivity contribution < 1.29 is 14.2 Å². The van der Waals surface area contributed by atoms with Gasteiger partial charge in [-0.25, -0.2) is 0 Å². The Hall–Kier alpha value is 0.170. The first-order valence-electron chi connectivity index (χ1n) is 7.59. The first-order valence-corrected chi connectivity index (χ1v) is 8.02. The van der Waals surface area contributed by atoms with Crippen LogP contribution in [0.15, 0.2) is 0 Å². The molecule has 0 spiro atoms. The summed E-state index contributed by atoms with van der Waals surface area (Å²) < 4.78 is 16.7. The van der Waals surface area contributed by atoms with E-state index in [0.717, 1.165) is 12.8 Å². The SMILES string of the molecule is CCCCCCC(C)OC1CC(Cl)C1OCCOC. The van der Waals surface area contributed by atoms with Crippen LogP contribution >= 0.6 is 11.6 Å². The molecule has 0 aliphatic heterocycles. The second-order valence-electron chi connectivity index (χ2n) is 5.41. The molecule has 4 heteroatoms. The maximum atomic E-state index is 6.17. The molecular weight excluding hydrogens is 264 g/mol. The summed E-state index contributed by atoms with van der Waals surface area (Å²) in [6.45, 7) is 5.59. The van der Waals surface area contributed by atoms with Crippen LogP contribution in [0.4, 0.5) is 0 Å². The number of methoxy groups -OCH3 is 1. The average Bonchev–Trinajstić information content (AvgIpc) is 2.39. The smallest absolute Gasteiger partial charge is 0.100 e. The molecule has 1 aliphatic carbocycles. The Bertz CT molecular complexity index is 225. The van der Waals surface area contributed by atoms with E-state index in [-0.39, 0.29) is 17.6 Å². The van der Waals surface area contributed by atoms with Crippen LogP contribution in [0.2, 0.25) is 0 Å². The first kappa shape index (κ1) is 17.2. The number of hydrogen-bond acceptors (Lipinski definition) is 3. The molecule has 0 aromatic carbocycles. The van der Waals surface area contributed by atoms with Crippen molar-refractivity contribution in [3.63, 3.8) is 0 Å². The molecule has 3 nitrogen and oxygen atoms in total. The second kappa shape index (κ2) is 9.98. The minimum absolute atomic E-state index is 0.0370. The lowest BCUT2D eigenvalue weighted by atomic mass is 9.90. The zero-order valence-electron chi connectivity index (χ0n) is 12.6. The largest absolute Gasteiger partial charge is 0.382 e. The fourth-order valence-electron chi connectivity index (χ4n) is 2.36. The maximum absolute atomic E-state index is 6.17. The molecule has 0 N–H and O–H groups in total. The molecule has 1 rings (SSSR count). The van der Waals surface area contributed by atoms with Crippen molar-refractivity contribution in [2.24, 2.45) is 0 Å². The van der Waals surface area contributed by atoms with E-state index in [9.17, 15) is 0 Å². The highest BCUT2D eigenvalue weighted by Crippen LogP contribution is 2.33. The van der Waals surface area contributed by atoms with Gasteiger partial charge in [0.15, 0.2) is 0 Å². The number of unbranched alkanes of at least 4 members (excludes halogenated alkanes) is 3. The molecule has 1 fully saturated rings. The molecular formula is C15H29ClO3. The van der Waals surface area contributed by atoms with Crippen LogP contribution in [0.5, 0.6) is 0 Å². The fraction of sp³-hybridized carbons (Fsp3) is 1.00. The van der Waals surface area contributed by atoms with Crippen LogP contribution in [-0.2, 0) is 14.2 Å². The van der Waals surface area contributed by atoms with E-state index in [1.165, 1.54) is 25.7 Å². The molecule has 0 radical (unpaired) electrons. The van der Waals surface area contributed by atoms with Gasteiger partial charge in [0.05, 0.1) is 30.8 Å². The topological polar surface area (TPSA) is 27.7 Å². The van der Waals surface area contributed by atoms with E-state index in [2.05, 4.69) is 13.8 Å². The number of ether oxygens (including phenoxy) is 3. The Kier molecular flexibility index (Phi) is 9.04. The van der Waals surface area contributed by atoms with Crippen LogP contribution in [0, 0.1) is 0 Å². The van der Waals surface area contributed by atoms with Gasteiger partial charge in [0.2, 0.25) is 0 Å². The van der Waals surface area contributed by atoms with E-state index < -0.39 is 0 Å². The van der Waals surface area contributed by atoms with Crippen molar-refractivity contribution in [1.29, 1.82) is 0 Å². The van der Waals surface area contributed by atoms with Crippen molar-refractivity contribution in [2.45, 2.75) is 76.1 Å². The normalized spacial score (nSPS) is 28.1. The number of rotatable bonds is 11. The molecule has 0 aromatic rings. The summed E-state index contributed by atoms with van der Waals surface area (Å²) in [6.07, 6.45) is 7.70. The van der Waals surface area contributed by atoms with Crippen molar-refractivity contribution in [3.8, 4) is 0 Å². The highest BCUT2D eigenvalue weighted by molar-refractivity contribution is 6.21. The molecule has 0 heterocycles. The number of hydrogen-bond donors (Lipinski definition) is 0. The Morgan fingerprint density at radius 1 is 1.21 bits per heavy atom. The van der Waals surface area contributed by atoms with Gasteiger partial charge in [0.1, 0.15) is 6.10 Å². The van der Waals surface area contributed by atoms with Gasteiger partial charge in [-0.1, -0.05) is 32.6 Å². The van der Waals surface area contributed by atoms with Gasteiger partial charge in [0, 0.05) is 7.11 Å². The highest BCUT2D eigenvalue weighted by Gasteiger charge is 2.42. The number of alkyl halides is 1. The zero-order chi connectivity index (χ0) is 14.1. The summed E-state index contributed by atoms with van der Waals surface area (Å²) in [5.74, 6) is 0. The van der Waals surface area contributed by atoms with Gasteiger partial charge in [0.25, 0.3) is 0 Å². The molecule has 1 saturated carbocycles. The van der Waals surface area contributed by atoms with Gasteiger partial charge < -0.3 is 14.2 Å². The Morgan fingerprint density at radius 2 is 2.00 bits per heavy atom. The summed E-state index contributed by atoms with van der Waals surface area (Å²) in [6, 6.07) is 0. The molecule has 1 aliphatic rings. The van der Waals surface area contributed by atoms with E-state index >= 15 is 0 Å². The van der Waals surface area contributed by atoms with E-state index in [1.807, 2.05) is 0 Å². The molecule has 0 bridgehead atoms. The van der Waals surface area contributed by atoms with E-state index in [4.69, 9.17) is 25.8 Å². The summed E-state index contributed by atoms with van der Waals surface area (Å²) in [5, 5.41) is 0.0918. The maximum Gasteiger partial charge on any atom is 0.100 e. The van der Waals surface area contributed by atoms with E-state index in [0.29, 0.717) is 19.3 Å².